The first-order chi connectivity index (χ1) is 10.5. The monoisotopic (exact) mass is 321 g/mol. The van der Waals surface area contributed by atoms with Crippen LogP contribution in [0.1, 0.15) is 27.7 Å². The smallest absolute Gasteiger partial charge is 0.333 e. The van der Waals surface area contributed by atoms with Gasteiger partial charge in [-0.2, -0.15) is 5.10 Å². The van der Waals surface area contributed by atoms with Crippen molar-refractivity contribution < 1.29 is 14.3 Å². The van der Waals surface area contributed by atoms with Gasteiger partial charge in [0.15, 0.2) is 6.04 Å². The molecule has 0 radical (unpaired) electrons. The van der Waals surface area contributed by atoms with Gasteiger partial charge in [0.2, 0.25) is 0 Å². The van der Waals surface area contributed by atoms with E-state index in [2.05, 4.69) is 10.4 Å². The summed E-state index contributed by atoms with van der Waals surface area (Å²) in [5, 5.41) is 6.94. The minimum absolute atomic E-state index is 0.215. The topological polar surface area (TPSA) is 73.2 Å². The first kappa shape index (κ1) is 16.0. The van der Waals surface area contributed by atoms with Gasteiger partial charge < -0.3 is 10.1 Å². The predicted molar refractivity (Wildman–Crippen MR) is 81.6 cm³/mol. The molecule has 22 heavy (non-hydrogen) atoms. The zero-order valence-electron chi connectivity index (χ0n) is 12.5. The van der Waals surface area contributed by atoms with E-state index in [0.717, 1.165) is 0 Å². The Balaban J connectivity index is 2.31. The van der Waals surface area contributed by atoms with E-state index in [0.29, 0.717) is 11.3 Å². The van der Waals surface area contributed by atoms with Crippen LogP contribution in [0.5, 0.6) is 0 Å². The summed E-state index contributed by atoms with van der Waals surface area (Å²) >= 11 is 6.08. The van der Waals surface area contributed by atoms with Gasteiger partial charge in [-0.1, -0.05) is 41.9 Å². The molecule has 1 amide bonds. The van der Waals surface area contributed by atoms with Crippen molar-refractivity contribution in [3.05, 3.63) is 52.3 Å². The molecule has 1 aromatic heterocycles. The number of halogens is 1. The van der Waals surface area contributed by atoms with Crippen LogP contribution in [0, 0.1) is 6.92 Å². The highest BCUT2D eigenvalue weighted by Crippen LogP contribution is 2.21. The molecule has 1 N–H and O–H groups in total. The number of carbonyl (C=O) groups is 2. The summed E-state index contributed by atoms with van der Waals surface area (Å²) in [5.74, 6) is -1.04. The fourth-order valence-corrected chi connectivity index (χ4v) is 2.39. The van der Waals surface area contributed by atoms with E-state index in [4.69, 9.17) is 16.3 Å². The average molecular weight is 322 g/mol. The molecule has 0 unspecified atom stereocenters. The Morgan fingerprint density at radius 2 is 1.95 bits per heavy atom. The van der Waals surface area contributed by atoms with E-state index in [-0.39, 0.29) is 10.7 Å². The van der Waals surface area contributed by atoms with Gasteiger partial charge in [-0.05, 0) is 12.5 Å². The number of benzene rings is 1. The molecule has 0 aliphatic rings. The molecule has 116 valence electrons. The summed E-state index contributed by atoms with van der Waals surface area (Å²) in [6, 6.07) is 7.94. The normalized spacial score (nSPS) is 11.8. The first-order valence-electron chi connectivity index (χ1n) is 6.58. The Hall–Kier alpha value is -2.34. The number of amides is 1. The number of methoxy groups -OCH3 is 1. The Morgan fingerprint density at radius 3 is 2.45 bits per heavy atom. The number of nitrogens with zero attached hydrogens (tertiary/aromatic N) is 2. The summed E-state index contributed by atoms with van der Waals surface area (Å²) in [5.41, 5.74) is 1.36. The molecule has 1 atom stereocenters. The number of hydrogen-bond donors (Lipinski definition) is 1. The molecule has 1 heterocycles. The lowest BCUT2D eigenvalue weighted by molar-refractivity contribution is -0.143. The molecule has 1 aromatic carbocycles. The number of nitrogens with one attached hydrogen (secondary N) is 1. The summed E-state index contributed by atoms with van der Waals surface area (Å²) < 4.78 is 6.17. The number of rotatable bonds is 4. The van der Waals surface area contributed by atoms with Crippen molar-refractivity contribution in [1.82, 2.24) is 15.1 Å². The van der Waals surface area contributed by atoms with Crippen LogP contribution in [0.25, 0.3) is 0 Å². The third kappa shape index (κ3) is 3.12. The molecule has 0 aliphatic carbocycles. The summed E-state index contributed by atoms with van der Waals surface area (Å²) in [6.07, 6.45) is 0. The van der Waals surface area contributed by atoms with E-state index in [1.165, 1.54) is 11.8 Å². The molecule has 7 heteroatoms. The van der Waals surface area contributed by atoms with E-state index in [1.807, 2.05) is 6.07 Å². The van der Waals surface area contributed by atoms with Gasteiger partial charge in [-0.25, -0.2) is 4.79 Å². The third-order valence-corrected chi connectivity index (χ3v) is 3.66. The highest BCUT2D eigenvalue weighted by atomic mass is 35.5. The number of aryl methyl sites for hydroxylation is 2. The van der Waals surface area contributed by atoms with E-state index >= 15 is 0 Å². The number of ether oxygens (including phenoxy) is 1. The molecule has 0 fully saturated rings. The van der Waals surface area contributed by atoms with Gasteiger partial charge >= 0.3 is 5.97 Å². The molecular formula is C15H16ClN3O3. The number of aromatic nitrogens is 2. The lowest BCUT2D eigenvalue weighted by Crippen LogP contribution is -2.34. The molecule has 6 nitrogen and oxygen atoms in total. The molecule has 2 aromatic rings. The minimum atomic E-state index is -0.908. The highest BCUT2D eigenvalue weighted by molar-refractivity contribution is 6.33. The summed E-state index contributed by atoms with van der Waals surface area (Å²) in [7, 11) is 2.91. The van der Waals surface area contributed by atoms with Crippen LogP contribution in [-0.4, -0.2) is 28.8 Å². The lowest BCUT2D eigenvalue weighted by Gasteiger charge is -2.16. The van der Waals surface area contributed by atoms with Gasteiger partial charge in [0.05, 0.1) is 18.4 Å². The largest absolute Gasteiger partial charge is 0.467 e. The van der Waals surface area contributed by atoms with Crippen molar-refractivity contribution in [1.29, 1.82) is 0 Å². The van der Waals surface area contributed by atoms with Crippen molar-refractivity contribution in [2.75, 3.05) is 7.11 Å². The van der Waals surface area contributed by atoms with Crippen LogP contribution >= 0.6 is 11.6 Å². The van der Waals surface area contributed by atoms with Crippen LogP contribution in [0.4, 0.5) is 0 Å². The molecule has 0 saturated heterocycles. The number of esters is 1. The Kier molecular flexibility index (Phi) is 4.82. The lowest BCUT2D eigenvalue weighted by atomic mass is 10.1. The van der Waals surface area contributed by atoms with E-state index in [9.17, 15) is 9.59 Å². The second-order valence-electron chi connectivity index (χ2n) is 4.72. The summed E-state index contributed by atoms with van der Waals surface area (Å²) in [4.78, 5) is 24.4. The second-order valence-corrected chi connectivity index (χ2v) is 5.07. The standard InChI is InChI=1S/C15H16ClN3O3/c1-9-11(13(16)19(2)18-9)14(20)17-12(15(21)22-3)10-7-5-4-6-8-10/h4-8,12H,1-3H3,(H,17,20)/t12-/m1/s1. The van der Waals surface area contributed by atoms with Gasteiger partial charge in [-0.3, -0.25) is 9.48 Å². The maximum atomic E-state index is 12.4. The Bertz CT molecular complexity index is 698. The van der Waals surface area contributed by atoms with Crippen molar-refractivity contribution >= 4 is 23.5 Å². The van der Waals surface area contributed by atoms with Crippen LogP contribution in [0.15, 0.2) is 30.3 Å². The highest BCUT2D eigenvalue weighted by Gasteiger charge is 2.27. The average Bonchev–Trinajstić information content (AvgIpc) is 2.77. The quantitative estimate of drug-likeness (QED) is 0.874. The predicted octanol–water partition coefficient (Wildman–Crippen LogP) is 2.03. The zero-order valence-corrected chi connectivity index (χ0v) is 13.2. The molecular weight excluding hydrogens is 306 g/mol. The molecule has 2 rings (SSSR count). The fourth-order valence-electron chi connectivity index (χ4n) is 2.13. The van der Waals surface area contributed by atoms with E-state index < -0.39 is 17.9 Å². The Labute approximate surface area is 133 Å². The van der Waals surface area contributed by atoms with E-state index in [1.54, 1.807) is 38.2 Å². The van der Waals surface area contributed by atoms with Gasteiger partial charge in [-0.15, -0.1) is 0 Å². The van der Waals surface area contributed by atoms with Crippen LogP contribution < -0.4 is 5.32 Å². The van der Waals surface area contributed by atoms with Gasteiger partial charge in [0.1, 0.15) is 5.15 Å². The van der Waals surface area contributed by atoms with Crippen molar-refractivity contribution in [2.45, 2.75) is 13.0 Å². The van der Waals surface area contributed by atoms with Crippen LogP contribution in [0.2, 0.25) is 5.15 Å². The second kappa shape index (κ2) is 6.62. The van der Waals surface area contributed by atoms with Crippen LogP contribution in [0.3, 0.4) is 0 Å². The van der Waals surface area contributed by atoms with Gasteiger partial charge in [0.25, 0.3) is 5.91 Å². The number of carbonyl (C=O) groups excluding carboxylic acids is 2. The maximum Gasteiger partial charge on any atom is 0.333 e. The summed E-state index contributed by atoms with van der Waals surface area (Å²) in [6.45, 7) is 1.68. The molecule has 0 spiro atoms. The molecule has 0 bridgehead atoms. The molecule has 0 aliphatic heterocycles. The first-order valence-corrected chi connectivity index (χ1v) is 6.96. The zero-order chi connectivity index (χ0) is 16.3. The Morgan fingerprint density at radius 1 is 1.32 bits per heavy atom. The maximum absolute atomic E-state index is 12.4. The van der Waals surface area contributed by atoms with Gasteiger partial charge in [0, 0.05) is 7.05 Å². The van der Waals surface area contributed by atoms with Crippen molar-refractivity contribution in [3.63, 3.8) is 0 Å². The van der Waals surface area contributed by atoms with Crippen molar-refractivity contribution in [2.24, 2.45) is 7.05 Å². The van der Waals surface area contributed by atoms with Crippen molar-refractivity contribution in [3.8, 4) is 0 Å². The SMILES string of the molecule is COC(=O)[C@H](NC(=O)c1c(C)nn(C)c1Cl)c1ccccc1. The van der Waals surface area contributed by atoms with Crippen LogP contribution in [-0.2, 0) is 16.6 Å². The minimum Gasteiger partial charge on any atom is -0.467 e. The fraction of sp³-hybridized carbons (Fsp3) is 0.267. The third-order valence-electron chi connectivity index (χ3n) is 3.22. The number of hydrogen-bond acceptors (Lipinski definition) is 4. The molecule has 0 saturated carbocycles.